The number of hydrogen-bond donors (Lipinski definition) is 2. The van der Waals surface area contributed by atoms with E-state index in [9.17, 15) is 0 Å². The van der Waals surface area contributed by atoms with Crippen LogP contribution in [0, 0.1) is 6.92 Å². The number of hydrogen-bond acceptors (Lipinski definition) is 3. The van der Waals surface area contributed by atoms with Crippen molar-refractivity contribution in [2.45, 2.75) is 6.92 Å². The van der Waals surface area contributed by atoms with Crippen LogP contribution in [0.4, 0.5) is 17.1 Å². The number of nitrogens with two attached hydrogens (primary N) is 1. The molecule has 1 aromatic heterocycles. The number of fused-ring (bicyclic) bond motifs is 1. The second kappa shape index (κ2) is 4.31. The number of aromatic amines is 1. The monoisotopic (exact) mass is 252 g/mol. The van der Waals surface area contributed by atoms with Crippen LogP contribution in [0.2, 0.25) is 0 Å². The summed E-state index contributed by atoms with van der Waals surface area (Å²) in [5.74, 6) is 0.933. The number of aryl methyl sites for hydroxylation is 1. The Kier molecular flexibility index (Phi) is 2.63. The van der Waals surface area contributed by atoms with Crippen LogP contribution in [-0.2, 0) is 0 Å². The molecule has 0 spiro atoms. The van der Waals surface area contributed by atoms with Gasteiger partial charge in [-0.15, -0.1) is 0 Å². The maximum absolute atomic E-state index is 5.71. The number of nitrogen functional groups attached to an aromatic ring is 1. The third-order valence-corrected chi connectivity index (χ3v) is 3.25. The van der Waals surface area contributed by atoms with Crippen molar-refractivity contribution in [1.82, 2.24) is 9.97 Å². The van der Waals surface area contributed by atoms with E-state index in [0.29, 0.717) is 0 Å². The number of rotatable bonds is 2. The van der Waals surface area contributed by atoms with Gasteiger partial charge in [0.25, 0.3) is 0 Å². The van der Waals surface area contributed by atoms with Crippen LogP contribution in [0.15, 0.2) is 42.5 Å². The van der Waals surface area contributed by atoms with Gasteiger partial charge >= 0.3 is 0 Å². The summed E-state index contributed by atoms with van der Waals surface area (Å²) in [7, 11) is 2.04. The zero-order valence-electron chi connectivity index (χ0n) is 11.0. The van der Waals surface area contributed by atoms with Crippen LogP contribution in [0.25, 0.3) is 11.0 Å². The fourth-order valence-electron chi connectivity index (χ4n) is 2.18. The molecule has 4 nitrogen and oxygen atoms in total. The molecule has 0 fully saturated rings. The molecule has 0 atom stereocenters. The van der Waals surface area contributed by atoms with E-state index >= 15 is 0 Å². The van der Waals surface area contributed by atoms with Gasteiger partial charge in [-0.1, -0.05) is 0 Å². The number of benzene rings is 2. The number of aromatic nitrogens is 2. The van der Waals surface area contributed by atoms with Gasteiger partial charge in [-0.2, -0.15) is 0 Å². The summed E-state index contributed by atoms with van der Waals surface area (Å²) < 4.78 is 0. The minimum Gasteiger partial charge on any atom is -0.399 e. The van der Waals surface area contributed by atoms with E-state index in [1.54, 1.807) is 0 Å². The molecule has 0 bridgehead atoms. The highest BCUT2D eigenvalue weighted by Gasteiger charge is 2.06. The van der Waals surface area contributed by atoms with Crippen molar-refractivity contribution in [3.8, 4) is 0 Å². The molecule has 96 valence electrons. The fourth-order valence-corrected chi connectivity index (χ4v) is 2.18. The Hall–Kier alpha value is -2.49. The topological polar surface area (TPSA) is 57.9 Å². The fraction of sp³-hybridized carbons (Fsp3) is 0.133. The number of anilines is 3. The first kappa shape index (κ1) is 11.6. The predicted molar refractivity (Wildman–Crippen MR) is 79.7 cm³/mol. The van der Waals surface area contributed by atoms with Crippen molar-refractivity contribution in [1.29, 1.82) is 0 Å². The second-order valence-corrected chi connectivity index (χ2v) is 4.67. The van der Waals surface area contributed by atoms with E-state index in [-0.39, 0.29) is 0 Å². The van der Waals surface area contributed by atoms with Gasteiger partial charge < -0.3 is 15.6 Å². The zero-order chi connectivity index (χ0) is 13.4. The van der Waals surface area contributed by atoms with Gasteiger partial charge in [-0.3, -0.25) is 0 Å². The van der Waals surface area contributed by atoms with Crippen LogP contribution < -0.4 is 10.6 Å². The maximum Gasteiger partial charge on any atom is 0.104 e. The molecule has 3 rings (SSSR count). The highest BCUT2D eigenvalue weighted by molar-refractivity contribution is 5.81. The van der Waals surface area contributed by atoms with Crippen molar-refractivity contribution >= 4 is 28.1 Å². The van der Waals surface area contributed by atoms with E-state index in [0.717, 1.165) is 33.9 Å². The number of nitrogens with one attached hydrogen (secondary N) is 1. The average Bonchev–Trinajstić information content (AvgIpc) is 2.77. The van der Waals surface area contributed by atoms with E-state index in [4.69, 9.17) is 5.73 Å². The molecular weight excluding hydrogens is 236 g/mol. The SMILES string of the molecule is Cc1nc2ccc(N(C)c3ccc(N)cc3)cc2[nH]1. The lowest BCUT2D eigenvalue weighted by Gasteiger charge is -2.19. The third-order valence-electron chi connectivity index (χ3n) is 3.25. The Bertz CT molecular complexity index is 713. The molecule has 0 saturated heterocycles. The van der Waals surface area contributed by atoms with Gasteiger partial charge in [0.2, 0.25) is 0 Å². The summed E-state index contributed by atoms with van der Waals surface area (Å²) in [5.41, 5.74) is 10.7. The molecule has 19 heavy (non-hydrogen) atoms. The Labute approximate surface area is 111 Å². The van der Waals surface area contributed by atoms with Crippen molar-refractivity contribution < 1.29 is 0 Å². The van der Waals surface area contributed by atoms with E-state index in [1.807, 2.05) is 44.3 Å². The van der Waals surface area contributed by atoms with Gasteiger partial charge in [-0.25, -0.2) is 4.98 Å². The summed E-state index contributed by atoms with van der Waals surface area (Å²) in [4.78, 5) is 9.78. The maximum atomic E-state index is 5.71. The van der Waals surface area contributed by atoms with Crippen LogP contribution in [0.5, 0.6) is 0 Å². The largest absolute Gasteiger partial charge is 0.399 e. The van der Waals surface area contributed by atoms with Crippen molar-refractivity contribution in [2.24, 2.45) is 0 Å². The lowest BCUT2D eigenvalue weighted by Crippen LogP contribution is -2.09. The minimum atomic E-state index is 0.775. The molecule has 0 saturated carbocycles. The van der Waals surface area contributed by atoms with Crippen LogP contribution in [0.3, 0.4) is 0 Å². The first-order valence-corrected chi connectivity index (χ1v) is 6.19. The van der Waals surface area contributed by atoms with Crippen LogP contribution >= 0.6 is 0 Å². The molecule has 3 N–H and O–H groups in total. The summed E-state index contributed by atoms with van der Waals surface area (Å²) in [5, 5.41) is 0. The standard InChI is InChI=1S/C15H16N4/c1-10-17-14-8-7-13(9-15(14)18-10)19(2)12-5-3-11(16)4-6-12/h3-9H,16H2,1-2H3,(H,17,18). The second-order valence-electron chi connectivity index (χ2n) is 4.67. The van der Waals surface area contributed by atoms with E-state index < -0.39 is 0 Å². The summed E-state index contributed by atoms with van der Waals surface area (Å²) in [6.45, 7) is 1.96. The normalized spacial score (nSPS) is 10.8. The van der Waals surface area contributed by atoms with Gasteiger partial charge in [0.1, 0.15) is 5.82 Å². The quantitative estimate of drug-likeness (QED) is 0.688. The first-order chi connectivity index (χ1) is 9.13. The summed E-state index contributed by atoms with van der Waals surface area (Å²) >= 11 is 0. The Morgan fingerprint density at radius 3 is 2.47 bits per heavy atom. The smallest absolute Gasteiger partial charge is 0.104 e. The van der Waals surface area contributed by atoms with Crippen molar-refractivity contribution in [2.75, 3.05) is 17.7 Å². The van der Waals surface area contributed by atoms with Crippen LogP contribution in [0.1, 0.15) is 5.82 Å². The minimum absolute atomic E-state index is 0.775. The van der Waals surface area contributed by atoms with Crippen LogP contribution in [-0.4, -0.2) is 17.0 Å². The van der Waals surface area contributed by atoms with Crippen molar-refractivity contribution in [3.05, 3.63) is 48.3 Å². The van der Waals surface area contributed by atoms with E-state index in [1.165, 1.54) is 0 Å². The molecule has 0 aliphatic carbocycles. The van der Waals surface area contributed by atoms with Gasteiger partial charge in [0.05, 0.1) is 11.0 Å². The summed E-state index contributed by atoms with van der Waals surface area (Å²) in [6, 6.07) is 14.0. The number of nitrogens with zero attached hydrogens (tertiary/aromatic N) is 2. The molecule has 3 aromatic rings. The average molecular weight is 252 g/mol. The third kappa shape index (κ3) is 2.12. The van der Waals surface area contributed by atoms with Gasteiger partial charge in [0, 0.05) is 24.1 Å². The molecule has 1 heterocycles. The lowest BCUT2D eigenvalue weighted by molar-refractivity contribution is 1.17. The molecule has 4 heteroatoms. The highest BCUT2D eigenvalue weighted by atomic mass is 15.1. The number of imidazole rings is 1. The summed E-state index contributed by atoms with van der Waals surface area (Å²) in [6.07, 6.45) is 0. The van der Waals surface area contributed by atoms with E-state index in [2.05, 4.69) is 27.0 Å². The Morgan fingerprint density at radius 1 is 1.05 bits per heavy atom. The molecule has 0 radical (unpaired) electrons. The molecule has 0 amide bonds. The van der Waals surface area contributed by atoms with Gasteiger partial charge in [-0.05, 0) is 49.4 Å². The van der Waals surface area contributed by atoms with Crippen molar-refractivity contribution in [3.63, 3.8) is 0 Å². The molecular formula is C15H16N4. The Morgan fingerprint density at radius 2 is 1.74 bits per heavy atom. The lowest BCUT2D eigenvalue weighted by atomic mass is 10.2. The predicted octanol–water partition coefficient (Wildman–Crippen LogP) is 3.22. The first-order valence-electron chi connectivity index (χ1n) is 6.19. The molecule has 2 aromatic carbocycles. The molecule has 0 aliphatic rings. The Balaban J connectivity index is 2.00. The highest BCUT2D eigenvalue weighted by Crippen LogP contribution is 2.26. The molecule has 0 unspecified atom stereocenters. The molecule has 0 aliphatic heterocycles. The zero-order valence-corrected chi connectivity index (χ0v) is 11.0. The van der Waals surface area contributed by atoms with Gasteiger partial charge in [0.15, 0.2) is 0 Å². The number of H-pyrrole nitrogens is 1.